The summed E-state index contributed by atoms with van der Waals surface area (Å²) in [7, 11) is 0. The van der Waals surface area contributed by atoms with E-state index < -0.39 is 5.54 Å². The van der Waals surface area contributed by atoms with Crippen LogP contribution in [0.1, 0.15) is 52.9 Å². The second-order valence-corrected chi connectivity index (χ2v) is 6.47. The molecule has 3 unspecified atom stereocenters. The van der Waals surface area contributed by atoms with Gasteiger partial charge in [-0.2, -0.15) is 0 Å². The zero-order valence-corrected chi connectivity index (χ0v) is 13.3. The zero-order chi connectivity index (χ0) is 14.6. The summed E-state index contributed by atoms with van der Waals surface area (Å²) in [5, 5.41) is 3.42. The Balaban J connectivity index is 2.01. The van der Waals surface area contributed by atoms with Crippen molar-refractivity contribution in [2.24, 2.45) is 5.92 Å². The number of esters is 1. The van der Waals surface area contributed by atoms with Crippen LogP contribution in [0, 0.1) is 5.92 Å². The van der Waals surface area contributed by atoms with E-state index in [0.717, 1.165) is 31.7 Å². The van der Waals surface area contributed by atoms with Crippen molar-refractivity contribution < 1.29 is 9.53 Å². The monoisotopic (exact) mass is 282 g/mol. The van der Waals surface area contributed by atoms with Crippen LogP contribution in [0.3, 0.4) is 0 Å². The van der Waals surface area contributed by atoms with Crippen molar-refractivity contribution in [2.45, 2.75) is 64.5 Å². The molecule has 0 aromatic carbocycles. The Morgan fingerprint density at radius 3 is 2.85 bits per heavy atom. The van der Waals surface area contributed by atoms with E-state index in [1.807, 2.05) is 6.92 Å². The molecule has 1 saturated heterocycles. The molecule has 1 saturated carbocycles. The first-order chi connectivity index (χ1) is 9.61. The van der Waals surface area contributed by atoms with Crippen molar-refractivity contribution >= 4 is 5.97 Å². The first-order valence-corrected chi connectivity index (χ1v) is 8.27. The maximum atomic E-state index is 12.3. The van der Waals surface area contributed by atoms with Gasteiger partial charge in [-0.05, 0) is 58.0 Å². The van der Waals surface area contributed by atoms with Gasteiger partial charge in [0.05, 0.1) is 6.61 Å². The summed E-state index contributed by atoms with van der Waals surface area (Å²) >= 11 is 0. The van der Waals surface area contributed by atoms with Gasteiger partial charge in [-0.3, -0.25) is 4.79 Å². The molecule has 2 rings (SSSR count). The summed E-state index contributed by atoms with van der Waals surface area (Å²) in [5.41, 5.74) is -0.434. The van der Waals surface area contributed by atoms with Gasteiger partial charge >= 0.3 is 5.97 Å². The van der Waals surface area contributed by atoms with Gasteiger partial charge in [-0.25, -0.2) is 0 Å². The zero-order valence-electron chi connectivity index (χ0n) is 13.3. The molecule has 1 aliphatic carbocycles. The molecule has 3 atom stereocenters. The van der Waals surface area contributed by atoms with E-state index in [0.29, 0.717) is 12.6 Å². The molecule has 0 radical (unpaired) electrons. The van der Waals surface area contributed by atoms with Crippen molar-refractivity contribution in [3.8, 4) is 0 Å². The number of likely N-dealkylation sites (tertiary alicyclic amines) is 1. The molecular formula is C16H30N2O2. The second kappa shape index (κ2) is 6.90. The summed E-state index contributed by atoms with van der Waals surface area (Å²) in [6.45, 7) is 9.96. The summed E-state index contributed by atoms with van der Waals surface area (Å²) in [4.78, 5) is 15.0. The molecule has 1 heterocycles. The average molecular weight is 282 g/mol. The lowest BCUT2D eigenvalue weighted by atomic mass is 9.95. The third kappa shape index (κ3) is 3.34. The summed E-state index contributed by atoms with van der Waals surface area (Å²) in [6, 6.07) is 0.543. The van der Waals surface area contributed by atoms with Crippen LogP contribution in [-0.4, -0.2) is 48.7 Å². The molecule has 20 heavy (non-hydrogen) atoms. The smallest absolute Gasteiger partial charge is 0.326 e. The number of carbonyl (C=O) groups excluding carboxylic acids is 1. The van der Waals surface area contributed by atoms with Crippen LogP contribution in [0.5, 0.6) is 0 Å². The van der Waals surface area contributed by atoms with Crippen LogP contribution in [-0.2, 0) is 9.53 Å². The van der Waals surface area contributed by atoms with Gasteiger partial charge in [0.15, 0.2) is 0 Å². The lowest BCUT2D eigenvalue weighted by Crippen LogP contribution is -2.52. The molecule has 1 aliphatic heterocycles. The third-order valence-corrected chi connectivity index (χ3v) is 4.87. The van der Waals surface area contributed by atoms with Crippen LogP contribution in [0.2, 0.25) is 0 Å². The molecule has 116 valence electrons. The molecule has 0 bridgehead atoms. The number of piperidine rings is 1. The minimum atomic E-state index is -0.434. The number of hydrogen-bond donors (Lipinski definition) is 1. The summed E-state index contributed by atoms with van der Waals surface area (Å²) in [6.07, 6.45) is 5.57. The molecule has 0 amide bonds. The lowest BCUT2D eigenvalue weighted by molar-refractivity contribution is -0.151. The topological polar surface area (TPSA) is 41.6 Å². The predicted octanol–water partition coefficient (Wildman–Crippen LogP) is 2.18. The Morgan fingerprint density at radius 1 is 1.40 bits per heavy atom. The van der Waals surface area contributed by atoms with Gasteiger partial charge in [0.25, 0.3) is 0 Å². The fourth-order valence-electron chi connectivity index (χ4n) is 3.91. The number of carbonyl (C=O) groups is 1. The molecule has 0 aromatic heterocycles. The Labute approximate surface area is 123 Å². The highest BCUT2D eigenvalue weighted by Crippen LogP contribution is 2.36. The Kier molecular flexibility index (Phi) is 5.44. The third-order valence-electron chi connectivity index (χ3n) is 4.87. The number of nitrogens with one attached hydrogen (secondary N) is 1. The van der Waals surface area contributed by atoms with E-state index in [1.54, 1.807) is 0 Å². The molecule has 1 N–H and O–H groups in total. The first kappa shape index (κ1) is 15.8. The van der Waals surface area contributed by atoms with Crippen molar-refractivity contribution in [3.05, 3.63) is 0 Å². The van der Waals surface area contributed by atoms with Crippen molar-refractivity contribution in [1.29, 1.82) is 0 Å². The highest BCUT2D eigenvalue weighted by Gasteiger charge is 2.47. The lowest BCUT2D eigenvalue weighted by Gasteiger charge is -2.36. The van der Waals surface area contributed by atoms with E-state index in [-0.39, 0.29) is 5.97 Å². The largest absolute Gasteiger partial charge is 0.465 e. The second-order valence-electron chi connectivity index (χ2n) is 6.47. The highest BCUT2D eigenvalue weighted by molar-refractivity contribution is 5.81. The van der Waals surface area contributed by atoms with Crippen LogP contribution in [0.15, 0.2) is 0 Å². The molecule has 2 aliphatic rings. The standard InChI is InChI=1S/C16H30N2O2/c1-4-17-16(15(19)20-5-2)9-8-14(11-16)18-10-6-7-13(3)12-18/h13-14,17H,4-12H2,1-3H3. The van der Waals surface area contributed by atoms with Crippen LogP contribution < -0.4 is 5.32 Å². The van der Waals surface area contributed by atoms with Gasteiger partial charge in [-0.15, -0.1) is 0 Å². The normalized spacial score (nSPS) is 35.1. The van der Waals surface area contributed by atoms with Gasteiger partial charge in [0, 0.05) is 12.6 Å². The van der Waals surface area contributed by atoms with Crippen LogP contribution in [0.25, 0.3) is 0 Å². The number of hydrogen-bond acceptors (Lipinski definition) is 4. The fourth-order valence-corrected chi connectivity index (χ4v) is 3.91. The van der Waals surface area contributed by atoms with Crippen molar-refractivity contribution in [2.75, 3.05) is 26.2 Å². The van der Waals surface area contributed by atoms with E-state index in [9.17, 15) is 4.79 Å². The highest BCUT2D eigenvalue weighted by atomic mass is 16.5. The van der Waals surface area contributed by atoms with Gasteiger partial charge < -0.3 is 15.0 Å². The summed E-state index contributed by atoms with van der Waals surface area (Å²) in [5.74, 6) is 0.745. The van der Waals surface area contributed by atoms with E-state index in [2.05, 4.69) is 24.1 Å². The number of rotatable bonds is 5. The van der Waals surface area contributed by atoms with Crippen molar-refractivity contribution in [3.63, 3.8) is 0 Å². The van der Waals surface area contributed by atoms with Gasteiger partial charge in [0.1, 0.15) is 5.54 Å². The SMILES string of the molecule is CCNC1(C(=O)OCC)CCC(N2CCCC(C)C2)C1. The predicted molar refractivity (Wildman–Crippen MR) is 80.7 cm³/mol. The number of nitrogens with zero attached hydrogens (tertiary/aromatic N) is 1. The average Bonchev–Trinajstić information content (AvgIpc) is 2.85. The quantitative estimate of drug-likeness (QED) is 0.785. The minimum absolute atomic E-state index is 0.0468. The van der Waals surface area contributed by atoms with E-state index in [4.69, 9.17) is 4.74 Å². The summed E-state index contributed by atoms with van der Waals surface area (Å²) < 4.78 is 5.32. The number of likely N-dealkylation sites (N-methyl/N-ethyl adjacent to an activating group) is 1. The first-order valence-electron chi connectivity index (χ1n) is 8.27. The van der Waals surface area contributed by atoms with Gasteiger partial charge in [-0.1, -0.05) is 13.8 Å². The molecule has 4 nitrogen and oxygen atoms in total. The van der Waals surface area contributed by atoms with Crippen LogP contribution >= 0.6 is 0 Å². The van der Waals surface area contributed by atoms with E-state index >= 15 is 0 Å². The molecule has 0 spiro atoms. The van der Waals surface area contributed by atoms with Gasteiger partial charge in [0.2, 0.25) is 0 Å². The molecule has 0 aromatic rings. The van der Waals surface area contributed by atoms with Crippen molar-refractivity contribution in [1.82, 2.24) is 10.2 Å². The van der Waals surface area contributed by atoms with Crippen LogP contribution in [0.4, 0.5) is 0 Å². The Morgan fingerprint density at radius 2 is 2.20 bits per heavy atom. The van der Waals surface area contributed by atoms with E-state index in [1.165, 1.54) is 25.9 Å². The number of ether oxygens (including phenoxy) is 1. The Bertz CT molecular complexity index is 334. The fraction of sp³-hybridized carbons (Fsp3) is 0.938. The molecular weight excluding hydrogens is 252 g/mol. The maximum Gasteiger partial charge on any atom is 0.326 e. The Hall–Kier alpha value is -0.610. The molecule has 2 fully saturated rings. The molecule has 4 heteroatoms. The maximum absolute atomic E-state index is 12.3. The minimum Gasteiger partial charge on any atom is -0.465 e.